The molecule has 118 valence electrons. The molecule has 0 aliphatic rings. The first-order chi connectivity index (χ1) is 9.90. The molecule has 1 aromatic rings. The van der Waals surface area contributed by atoms with Crippen LogP contribution in [0.1, 0.15) is 27.7 Å². The van der Waals surface area contributed by atoms with E-state index in [4.69, 9.17) is 9.47 Å². The molecular formula is C15H24N2O4. The van der Waals surface area contributed by atoms with Gasteiger partial charge in [-0.05, 0) is 25.8 Å². The largest absolute Gasteiger partial charge is 0.484 e. The van der Waals surface area contributed by atoms with Crippen LogP contribution in [0.2, 0.25) is 0 Å². The number of nitrogens with one attached hydrogen (secondary N) is 1. The number of nitro benzene ring substituents is 1. The summed E-state index contributed by atoms with van der Waals surface area (Å²) in [6, 6.07) is 4.78. The van der Waals surface area contributed by atoms with Crippen LogP contribution in [-0.2, 0) is 4.74 Å². The maximum Gasteiger partial charge on any atom is 0.311 e. The van der Waals surface area contributed by atoms with Crippen molar-refractivity contribution in [3.8, 4) is 5.75 Å². The van der Waals surface area contributed by atoms with Gasteiger partial charge in [0.15, 0.2) is 5.75 Å². The predicted octanol–water partition coefficient (Wildman–Crippen LogP) is 3.47. The first-order valence-corrected chi connectivity index (χ1v) is 7.17. The Bertz CT molecular complexity index is 461. The van der Waals surface area contributed by atoms with Crippen LogP contribution in [0.25, 0.3) is 0 Å². The summed E-state index contributed by atoms with van der Waals surface area (Å²) in [4.78, 5) is 10.5. The van der Waals surface area contributed by atoms with Gasteiger partial charge in [-0.2, -0.15) is 0 Å². The first-order valence-electron chi connectivity index (χ1n) is 7.17. The Balaban J connectivity index is 2.61. The topological polar surface area (TPSA) is 73.6 Å². The van der Waals surface area contributed by atoms with Crippen LogP contribution in [0.15, 0.2) is 18.2 Å². The third-order valence-corrected chi connectivity index (χ3v) is 2.55. The van der Waals surface area contributed by atoms with Crippen molar-refractivity contribution in [2.75, 3.05) is 25.1 Å². The van der Waals surface area contributed by atoms with Gasteiger partial charge in [0.05, 0.1) is 17.6 Å². The Morgan fingerprint density at radius 2 is 2.00 bits per heavy atom. The second-order valence-electron chi connectivity index (χ2n) is 5.50. The molecule has 0 unspecified atom stereocenters. The molecule has 0 bridgehead atoms. The number of ether oxygens (including phenoxy) is 2. The standard InChI is InChI=1S/C15H24N2O4/c1-11(2)10-20-8-7-16-13-5-6-14(17(18)19)15(9-13)21-12(3)4/h5-6,9,11-12,16H,7-8,10H2,1-4H3. The van der Waals surface area contributed by atoms with E-state index in [1.54, 1.807) is 12.1 Å². The molecule has 0 heterocycles. The fourth-order valence-electron chi connectivity index (χ4n) is 1.71. The summed E-state index contributed by atoms with van der Waals surface area (Å²) < 4.78 is 11.0. The Morgan fingerprint density at radius 3 is 2.57 bits per heavy atom. The fraction of sp³-hybridized carbons (Fsp3) is 0.600. The van der Waals surface area contributed by atoms with Crippen LogP contribution in [-0.4, -0.2) is 30.8 Å². The Morgan fingerprint density at radius 1 is 1.29 bits per heavy atom. The molecule has 1 aromatic carbocycles. The highest BCUT2D eigenvalue weighted by Crippen LogP contribution is 2.30. The van der Waals surface area contributed by atoms with E-state index in [-0.39, 0.29) is 17.5 Å². The lowest BCUT2D eigenvalue weighted by Gasteiger charge is -2.13. The van der Waals surface area contributed by atoms with Gasteiger partial charge in [-0.25, -0.2) is 0 Å². The first kappa shape index (κ1) is 17.2. The maximum absolute atomic E-state index is 11.0. The summed E-state index contributed by atoms with van der Waals surface area (Å²) in [5.74, 6) is 0.790. The SMILES string of the molecule is CC(C)COCCNc1ccc([N+](=O)[O-])c(OC(C)C)c1. The van der Waals surface area contributed by atoms with Crippen molar-refractivity contribution in [1.82, 2.24) is 0 Å². The van der Waals surface area contributed by atoms with Crippen LogP contribution in [0.5, 0.6) is 5.75 Å². The molecule has 0 saturated heterocycles. The number of anilines is 1. The molecule has 0 fully saturated rings. The van der Waals surface area contributed by atoms with Crippen LogP contribution in [0.4, 0.5) is 11.4 Å². The molecular weight excluding hydrogens is 272 g/mol. The third kappa shape index (κ3) is 6.44. The van der Waals surface area contributed by atoms with Crippen LogP contribution >= 0.6 is 0 Å². The molecule has 1 rings (SSSR count). The zero-order valence-electron chi connectivity index (χ0n) is 13.1. The van der Waals surface area contributed by atoms with Crippen molar-refractivity contribution in [2.24, 2.45) is 5.92 Å². The lowest BCUT2D eigenvalue weighted by Crippen LogP contribution is -2.12. The van der Waals surface area contributed by atoms with Gasteiger partial charge in [0.1, 0.15) is 0 Å². The third-order valence-electron chi connectivity index (χ3n) is 2.55. The highest BCUT2D eigenvalue weighted by atomic mass is 16.6. The summed E-state index contributed by atoms with van der Waals surface area (Å²) in [6.45, 7) is 9.83. The van der Waals surface area contributed by atoms with Crippen LogP contribution in [0.3, 0.4) is 0 Å². The van der Waals surface area contributed by atoms with Gasteiger partial charge >= 0.3 is 5.69 Å². The number of hydrogen-bond donors (Lipinski definition) is 1. The number of nitro groups is 1. The molecule has 0 saturated carbocycles. The molecule has 0 spiro atoms. The minimum atomic E-state index is -0.437. The highest BCUT2D eigenvalue weighted by Gasteiger charge is 2.16. The minimum absolute atomic E-state index is 0.0229. The highest BCUT2D eigenvalue weighted by molar-refractivity contribution is 5.58. The molecule has 1 N–H and O–H groups in total. The average Bonchev–Trinajstić information content (AvgIpc) is 2.37. The lowest BCUT2D eigenvalue weighted by molar-refractivity contribution is -0.386. The van der Waals surface area contributed by atoms with Gasteiger partial charge in [-0.1, -0.05) is 13.8 Å². The molecule has 6 nitrogen and oxygen atoms in total. The summed E-state index contributed by atoms with van der Waals surface area (Å²) in [5.41, 5.74) is 0.759. The summed E-state index contributed by atoms with van der Waals surface area (Å²) in [7, 11) is 0. The van der Waals surface area contributed by atoms with Crippen molar-refractivity contribution >= 4 is 11.4 Å². The van der Waals surface area contributed by atoms with Crippen LogP contribution < -0.4 is 10.1 Å². The molecule has 0 aromatic heterocycles. The second kappa shape index (κ2) is 8.46. The quantitative estimate of drug-likeness (QED) is 0.429. The average molecular weight is 296 g/mol. The zero-order chi connectivity index (χ0) is 15.8. The number of rotatable bonds is 9. The van der Waals surface area contributed by atoms with Gasteiger partial charge in [-0.3, -0.25) is 10.1 Å². The van der Waals surface area contributed by atoms with E-state index in [9.17, 15) is 10.1 Å². The van der Waals surface area contributed by atoms with E-state index in [1.165, 1.54) is 6.07 Å². The molecule has 6 heteroatoms. The van der Waals surface area contributed by atoms with E-state index in [0.717, 1.165) is 12.3 Å². The van der Waals surface area contributed by atoms with E-state index in [2.05, 4.69) is 19.2 Å². The van der Waals surface area contributed by atoms with E-state index >= 15 is 0 Å². The Kier molecular flexibility index (Phi) is 6.94. The van der Waals surface area contributed by atoms with E-state index in [1.807, 2.05) is 13.8 Å². The maximum atomic E-state index is 11.0. The molecule has 0 atom stereocenters. The monoisotopic (exact) mass is 296 g/mol. The van der Waals surface area contributed by atoms with Crippen molar-refractivity contribution in [3.63, 3.8) is 0 Å². The number of benzene rings is 1. The van der Waals surface area contributed by atoms with Crippen molar-refractivity contribution < 1.29 is 14.4 Å². The molecule has 0 aliphatic heterocycles. The van der Waals surface area contributed by atoms with Gasteiger partial charge in [0.2, 0.25) is 0 Å². The van der Waals surface area contributed by atoms with Gasteiger partial charge in [0.25, 0.3) is 0 Å². The Hall–Kier alpha value is -1.82. The summed E-state index contributed by atoms with van der Waals surface area (Å²) >= 11 is 0. The Labute approximate surface area is 125 Å². The zero-order valence-corrected chi connectivity index (χ0v) is 13.1. The molecule has 0 radical (unpaired) electrons. The van der Waals surface area contributed by atoms with Crippen molar-refractivity contribution in [2.45, 2.75) is 33.8 Å². The van der Waals surface area contributed by atoms with Gasteiger partial charge in [-0.15, -0.1) is 0 Å². The normalized spacial score (nSPS) is 11.0. The van der Waals surface area contributed by atoms with Gasteiger partial charge in [0, 0.05) is 31.0 Å². The van der Waals surface area contributed by atoms with E-state index in [0.29, 0.717) is 19.1 Å². The number of nitrogens with zero attached hydrogens (tertiary/aromatic N) is 1. The van der Waals surface area contributed by atoms with Crippen molar-refractivity contribution in [1.29, 1.82) is 0 Å². The summed E-state index contributed by atoms with van der Waals surface area (Å²) in [5, 5.41) is 14.1. The summed E-state index contributed by atoms with van der Waals surface area (Å²) in [6.07, 6.45) is -0.117. The van der Waals surface area contributed by atoms with Crippen molar-refractivity contribution in [3.05, 3.63) is 28.3 Å². The molecule has 21 heavy (non-hydrogen) atoms. The van der Waals surface area contributed by atoms with Crippen LogP contribution in [0, 0.1) is 16.0 Å². The molecule has 0 amide bonds. The fourth-order valence-corrected chi connectivity index (χ4v) is 1.71. The van der Waals surface area contributed by atoms with E-state index < -0.39 is 4.92 Å². The smallest absolute Gasteiger partial charge is 0.311 e. The predicted molar refractivity (Wildman–Crippen MR) is 83.0 cm³/mol. The number of hydrogen-bond acceptors (Lipinski definition) is 5. The lowest BCUT2D eigenvalue weighted by atomic mass is 10.2. The second-order valence-corrected chi connectivity index (χ2v) is 5.50. The minimum Gasteiger partial charge on any atom is -0.484 e. The molecule has 0 aliphatic carbocycles. The van der Waals surface area contributed by atoms with Gasteiger partial charge < -0.3 is 14.8 Å².